The van der Waals surface area contributed by atoms with Crippen molar-refractivity contribution in [3.05, 3.63) is 41.1 Å². The van der Waals surface area contributed by atoms with Crippen molar-refractivity contribution in [3.63, 3.8) is 0 Å². The van der Waals surface area contributed by atoms with Crippen molar-refractivity contribution in [1.82, 2.24) is 4.98 Å². The Balaban J connectivity index is 0.00000157. The summed E-state index contributed by atoms with van der Waals surface area (Å²) in [7, 11) is 0. The monoisotopic (exact) mass is 359 g/mol. The molecule has 1 aromatic carbocycles. The number of rotatable bonds is 2. The second kappa shape index (κ2) is 5.61. The van der Waals surface area contributed by atoms with Crippen LogP contribution in [0.3, 0.4) is 0 Å². The maximum atomic E-state index is 11.5. The van der Waals surface area contributed by atoms with Gasteiger partial charge in [-0.05, 0) is 37.1 Å². The van der Waals surface area contributed by atoms with E-state index in [1.807, 2.05) is 25.1 Å². The van der Waals surface area contributed by atoms with E-state index < -0.39 is 0 Å². The molecular formula is C18H18ClN3O3. The van der Waals surface area contributed by atoms with E-state index >= 15 is 0 Å². The van der Waals surface area contributed by atoms with Crippen molar-refractivity contribution in [2.24, 2.45) is 5.73 Å². The normalized spacial score (nSPS) is 24.9. The third-order valence-corrected chi connectivity index (χ3v) is 5.00. The Morgan fingerprint density at radius 2 is 2.20 bits per heavy atom. The summed E-state index contributed by atoms with van der Waals surface area (Å²) in [6.45, 7) is 2.02. The van der Waals surface area contributed by atoms with Gasteiger partial charge < -0.3 is 20.5 Å². The Morgan fingerprint density at radius 1 is 1.36 bits per heavy atom. The zero-order chi connectivity index (χ0) is 16.4. The van der Waals surface area contributed by atoms with Gasteiger partial charge in [-0.15, -0.1) is 12.4 Å². The van der Waals surface area contributed by atoms with Crippen LogP contribution in [-0.2, 0) is 11.2 Å². The second-order valence-electron chi connectivity index (χ2n) is 6.63. The van der Waals surface area contributed by atoms with Crippen molar-refractivity contribution in [3.8, 4) is 17.2 Å². The second-order valence-corrected chi connectivity index (χ2v) is 6.63. The van der Waals surface area contributed by atoms with Crippen LogP contribution in [0.15, 0.2) is 24.4 Å². The molecule has 1 aromatic heterocycles. The number of amides is 1. The topological polar surface area (TPSA) is 86.5 Å². The highest BCUT2D eigenvalue weighted by atomic mass is 35.5. The van der Waals surface area contributed by atoms with Gasteiger partial charge >= 0.3 is 0 Å². The molecule has 3 aliphatic rings. The van der Waals surface area contributed by atoms with Crippen LogP contribution in [-0.4, -0.2) is 23.0 Å². The number of pyridine rings is 1. The third kappa shape index (κ3) is 2.44. The summed E-state index contributed by atoms with van der Waals surface area (Å²) in [5.41, 5.74) is 9.16. The predicted octanol–water partition coefficient (Wildman–Crippen LogP) is 2.67. The number of benzene rings is 1. The SMILES string of the molecule is Cc1cc(Oc2ccnc3c2CCC(=O)N3)cc2c1OC1C(N)C21.Cl. The summed E-state index contributed by atoms with van der Waals surface area (Å²) in [6.07, 6.45) is 2.85. The predicted molar refractivity (Wildman–Crippen MR) is 94.8 cm³/mol. The number of anilines is 1. The van der Waals surface area contributed by atoms with Gasteiger partial charge in [0.05, 0.1) is 6.04 Å². The lowest BCUT2D eigenvalue weighted by Gasteiger charge is -2.19. The molecule has 3 heterocycles. The number of carbonyl (C=O) groups is 1. The molecule has 1 aliphatic carbocycles. The number of hydrogen-bond donors (Lipinski definition) is 2. The number of aryl methyl sites for hydroxylation is 1. The van der Waals surface area contributed by atoms with Gasteiger partial charge in [-0.1, -0.05) is 0 Å². The minimum Gasteiger partial charge on any atom is -0.487 e. The average Bonchev–Trinajstić information content (AvgIpc) is 3.01. The maximum Gasteiger partial charge on any atom is 0.225 e. The number of nitrogens with two attached hydrogens (primary N) is 1. The molecule has 5 rings (SSSR count). The van der Waals surface area contributed by atoms with E-state index in [2.05, 4.69) is 10.3 Å². The first-order valence-corrected chi connectivity index (χ1v) is 8.14. The number of hydrogen-bond acceptors (Lipinski definition) is 5. The van der Waals surface area contributed by atoms with Crippen molar-refractivity contribution >= 4 is 24.1 Å². The zero-order valence-electron chi connectivity index (χ0n) is 13.6. The van der Waals surface area contributed by atoms with E-state index in [-0.39, 0.29) is 36.4 Å². The van der Waals surface area contributed by atoms with Crippen molar-refractivity contribution < 1.29 is 14.3 Å². The Kier molecular flexibility index (Phi) is 3.63. The van der Waals surface area contributed by atoms with Crippen LogP contribution < -0.4 is 20.5 Å². The molecule has 1 amide bonds. The Bertz CT molecular complexity index is 886. The molecule has 25 heavy (non-hydrogen) atoms. The lowest BCUT2D eigenvalue weighted by Crippen LogP contribution is -2.20. The zero-order valence-corrected chi connectivity index (χ0v) is 14.4. The number of nitrogens with zero attached hydrogens (tertiary/aromatic N) is 1. The highest BCUT2D eigenvalue weighted by molar-refractivity contribution is 5.93. The van der Waals surface area contributed by atoms with Gasteiger partial charge in [0, 0.05) is 29.7 Å². The average molecular weight is 360 g/mol. The van der Waals surface area contributed by atoms with Crippen LogP contribution in [0.4, 0.5) is 5.82 Å². The Hall–Kier alpha value is -2.31. The number of ether oxygens (including phenoxy) is 2. The summed E-state index contributed by atoms with van der Waals surface area (Å²) >= 11 is 0. The molecule has 1 fully saturated rings. The van der Waals surface area contributed by atoms with Crippen molar-refractivity contribution in [2.75, 3.05) is 5.32 Å². The van der Waals surface area contributed by atoms with E-state index in [9.17, 15) is 4.79 Å². The summed E-state index contributed by atoms with van der Waals surface area (Å²) in [6, 6.07) is 5.93. The highest BCUT2D eigenvalue weighted by Crippen LogP contribution is 2.54. The number of nitrogens with one attached hydrogen (secondary N) is 1. The summed E-state index contributed by atoms with van der Waals surface area (Å²) in [4.78, 5) is 15.7. The Morgan fingerprint density at radius 3 is 3.04 bits per heavy atom. The van der Waals surface area contributed by atoms with E-state index in [0.717, 1.165) is 33.9 Å². The lowest BCUT2D eigenvalue weighted by molar-refractivity contribution is -0.116. The summed E-state index contributed by atoms with van der Waals surface area (Å²) in [5, 5.41) is 2.79. The quantitative estimate of drug-likeness (QED) is 0.860. The van der Waals surface area contributed by atoms with Gasteiger partial charge in [0.25, 0.3) is 0 Å². The minimum absolute atomic E-state index is 0. The molecule has 0 bridgehead atoms. The van der Waals surface area contributed by atoms with Gasteiger partial charge in [-0.3, -0.25) is 4.79 Å². The van der Waals surface area contributed by atoms with Gasteiger partial charge in [0.1, 0.15) is 29.2 Å². The number of carbonyl (C=O) groups excluding carboxylic acids is 1. The lowest BCUT2D eigenvalue weighted by atomic mass is 10.0. The molecule has 0 saturated heterocycles. The van der Waals surface area contributed by atoms with Crippen LogP contribution >= 0.6 is 12.4 Å². The first-order valence-electron chi connectivity index (χ1n) is 8.14. The molecule has 0 spiro atoms. The highest BCUT2D eigenvalue weighted by Gasteiger charge is 2.57. The molecule has 1 saturated carbocycles. The van der Waals surface area contributed by atoms with E-state index in [1.165, 1.54) is 0 Å². The van der Waals surface area contributed by atoms with Gasteiger partial charge in [0.2, 0.25) is 5.91 Å². The standard InChI is InChI=1S/C18H17N3O3.ClH/c1-8-6-9(7-11-14-15(19)17(14)24-16(8)11)23-12-4-5-20-18-10(12)2-3-13(22)21-18;/h4-7,14-15,17H,2-3,19H2,1H3,(H,20,21,22);1H. The molecule has 3 N–H and O–H groups in total. The molecule has 130 valence electrons. The molecule has 2 aromatic rings. The van der Waals surface area contributed by atoms with Crippen molar-refractivity contribution in [2.45, 2.75) is 37.8 Å². The molecule has 7 heteroatoms. The Labute approximate surface area is 151 Å². The van der Waals surface area contributed by atoms with Gasteiger partial charge in [-0.2, -0.15) is 0 Å². The minimum atomic E-state index is -0.00793. The van der Waals surface area contributed by atoms with Gasteiger partial charge in [0.15, 0.2) is 0 Å². The number of aromatic nitrogens is 1. The molecule has 3 atom stereocenters. The van der Waals surface area contributed by atoms with Crippen LogP contribution in [0.25, 0.3) is 0 Å². The van der Waals surface area contributed by atoms with E-state index in [4.69, 9.17) is 15.2 Å². The molecule has 2 aliphatic heterocycles. The van der Waals surface area contributed by atoms with Crippen LogP contribution in [0.5, 0.6) is 17.2 Å². The number of halogens is 1. The third-order valence-electron chi connectivity index (χ3n) is 5.00. The van der Waals surface area contributed by atoms with E-state index in [0.29, 0.717) is 18.7 Å². The summed E-state index contributed by atoms with van der Waals surface area (Å²) < 4.78 is 12.0. The van der Waals surface area contributed by atoms with Gasteiger partial charge in [-0.25, -0.2) is 4.98 Å². The molecular weight excluding hydrogens is 342 g/mol. The number of fused-ring (bicyclic) bond motifs is 4. The molecule has 6 nitrogen and oxygen atoms in total. The van der Waals surface area contributed by atoms with Crippen LogP contribution in [0, 0.1) is 6.92 Å². The fourth-order valence-corrected chi connectivity index (χ4v) is 3.69. The summed E-state index contributed by atoms with van der Waals surface area (Å²) in [5.74, 6) is 3.31. The fourth-order valence-electron chi connectivity index (χ4n) is 3.69. The van der Waals surface area contributed by atoms with Crippen molar-refractivity contribution in [1.29, 1.82) is 0 Å². The molecule has 3 unspecified atom stereocenters. The maximum absolute atomic E-state index is 11.5. The fraction of sp³-hybridized carbons (Fsp3) is 0.333. The largest absolute Gasteiger partial charge is 0.487 e. The first-order chi connectivity index (χ1) is 11.6. The van der Waals surface area contributed by atoms with Crippen LogP contribution in [0.2, 0.25) is 0 Å². The first kappa shape index (κ1) is 16.2. The molecule has 0 radical (unpaired) electrons. The smallest absolute Gasteiger partial charge is 0.225 e. The van der Waals surface area contributed by atoms with Crippen LogP contribution in [0.1, 0.15) is 29.0 Å². The van der Waals surface area contributed by atoms with E-state index in [1.54, 1.807) is 6.20 Å².